The first kappa shape index (κ1) is 23.8. The first-order valence-corrected chi connectivity index (χ1v) is 12.4. The molecule has 9 heteroatoms. The highest BCUT2D eigenvalue weighted by Gasteiger charge is 2.66. The number of carbonyl (C=O) groups excluding carboxylic acids is 4. The number of nitrogens with zero attached hydrogens (tertiary/aromatic N) is 1. The van der Waals surface area contributed by atoms with Gasteiger partial charge in [0, 0.05) is 5.69 Å². The van der Waals surface area contributed by atoms with Crippen LogP contribution in [0.5, 0.6) is 0 Å². The maximum atomic E-state index is 13.1. The summed E-state index contributed by atoms with van der Waals surface area (Å²) in [7, 11) is 0. The van der Waals surface area contributed by atoms with Gasteiger partial charge in [0.2, 0.25) is 11.8 Å². The zero-order valence-corrected chi connectivity index (χ0v) is 20.7. The summed E-state index contributed by atoms with van der Waals surface area (Å²) in [6, 6.07) is 11.6. The molecule has 0 spiro atoms. The fourth-order valence-electron chi connectivity index (χ4n) is 5.64. The zero-order valence-electron chi connectivity index (χ0n) is 19.2. The number of halogens is 2. The molecule has 2 saturated carbocycles. The third-order valence-electron chi connectivity index (χ3n) is 7.56. The van der Waals surface area contributed by atoms with Gasteiger partial charge in [0.15, 0.2) is 6.61 Å². The summed E-state index contributed by atoms with van der Waals surface area (Å²) in [5.74, 6) is -2.74. The lowest BCUT2D eigenvalue weighted by molar-refractivity contribution is -0.123. The highest BCUT2D eigenvalue weighted by Crippen LogP contribution is 2.59. The topological polar surface area (TPSA) is 92.8 Å². The summed E-state index contributed by atoms with van der Waals surface area (Å²) in [6.07, 6.45) is 0.699. The van der Waals surface area contributed by atoms with Gasteiger partial charge in [-0.1, -0.05) is 12.1 Å². The number of carbonyl (C=O) groups is 4. The van der Waals surface area contributed by atoms with Crippen molar-refractivity contribution in [1.29, 1.82) is 0 Å². The molecule has 7 nitrogen and oxygen atoms in total. The van der Waals surface area contributed by atoms with Gasteiger partial charge in [-0.15, -0.1) is 23.2 Å². The van der Waals surface area contributed by atoms with Crippen LogP contribution in [0.3, 0.4) is 0 Å². The van der Waals surface area contributed by atoms with E-state index in [0.717, 1.165) is 11.1 Å². The Kier molecular flexibility index (Phi) is 6.09. The third kappa shape index (κ3) is 3.91. The molecular formula is C26H24Cl2N2O5. The Morgan fingerprint density at radius 1 is 0.971 bits per heavy atom. The zero-order chi connectivity index (χ0) is 25.0. The number of imide groups is 1. The minimum absolute atomic E-state index is 0.0976. The first-order chi connectivity index (χ1) is 16.7. The lowest BCUT2D eigenvalue weighted by Crippen LogP contribution is -2.37. The second-order valence-electron chi connectivity index (χ2n) is 9.43. The molecule has 2 aliphatic carbocycles. The molecule has 35 heavy (non-hydrogen) atoms. The predicted octanol–water partition coefficient (Wildman–Crippen LogP) is 4.07. The standard InChI is InChI=1S/C26H24Cl2N2O5/c1-12-4-3-5-18(13(12)2)29-19(31)11-35-26(34)14-6-8-15(9-7-14)30-24(32)20-16-10-17(21(20)25(30)33)23(28)22(16)27/h3-9,16-17,20-23H,10-11H2,1-2H3,(H,29,31)/t16-,17-,20-,21+,22-,23+/m1/s1. The summed E-state index contributed by atoms with van der Waals surface area (Å²) in [6.45, 7) is 3.40. The molecule has 2 aromatic rings. The SMILES string of the molecule is Cc1cccc(NC(=O)COC(=O)c2ccc(N3C(=O)[C@@H]4[C@H]5C[C@@H]([C@H](Cl)[C@@H]5Cl)[C@@H]4C3=O)cc2)c1C. The molecule has 1 saturated heterocycles. The summed E-state index contributed by atoms with van der Waals surface area (Å²) in [4.78, 5) is 52.0. The van der Waals surface area contributed by atoms with Crippen molar-refractivity contribution in [3.8, 4) is 0 Å². The average molecular weight is 515 g/mol. The maximum absolute atomic E-state index is 13.1. The Bertz CT molecular complexity index is 1200. The van der Waals surface area contributed by atoms with E-state index in [1.54, 1.807) is 6.07 Å². The number of ether oxygens (including phenoxy) is 1. The Morgan fingerprint density at radius 2 is 1.57 bits per heavy atom. The van der Waals surface area contributed by atoms with Crippen LogP contribution in [-0.2, 0) is 19.1 Å². The van der Waals surface area contributed by atoms with Gasteiger partial charge in [-0.05, 0) is 73.6 Å². The molecule has 3 aliphatic rings. The molecule has 0 unspecified atom stereocenters. The molecular weight excluding hydrogens is 491 g/mol. The third-order valence-corrected chi connectivity index (χ3v) is 8.88. The normalized spacial score (nSPS) is 28.9. The van der Waals surface area contributed by atoms with E-state index in [9.17, 15) is 19.2 Å². The lowest BCUT2D eigenvalue weighted by atomic mass is 9.80. The van der Waals surface area contributed by atoms with Crippen molar-refractivity contribution < 1.29 is 23.9 Å². The Balaban J connectivity index is 1.22. The van der Waals surface area contributed by atoms with Crippen LogP contribution in [0.2, 0.25) is 0 Å². The van der Waals surface area contributed by atoms with Crippen LogP contribution >= 0.6 is 23.2 Å². The van der Waals surface area contributed by atoms with E-state index in [2.05, 4.69) is 5.32 Å². The molecule has 3 amide bonds. The van der Waals surface area contributed by atoms with Crippen LogP contribution in [0.25, 0.3) is 0 Å². The maximum Gasteiger partial charge on any atom is 0.338 e. The number of hydrogen-bond donors (Lipinski definition) is 1. The number of anilines is 2. The van der Waals surface area contributed by atoms with E-state index >= 15 is 0 Å². The fourth-order valence-corrected chi connectivity index (χ4v) is 6.53. The minimum atomic E-state index is -0.684. The summed E-state index contributed by atoms with van der Waals surface area (Å²) < 4.78 is 5.13. The van der Waals surface area contributed by atoms with Gasteiger partial charge in [-0.2, -0.15) is 0 Å². The van der Waals surface area contributed by atoms with E-state index in [0.29, 0.717) is 17.8 Å². The highest BCUT2D eigenvalue weighted by molar-refractivity contribution is 6.32. The van der Waals surface area contributed by atoms with Gasteiger partial charge in [0.25, 0.3) is 5.91 Å². The smallest absolute Gasteiger partial charge is 0.338 e. The van der Waals surface area contributed by atoms with Crippen LogP contribution in [0.1, 0.15) is 27.9 Å². The summed E-state index contributed by atoms with van der Waals surface area (Å²) >= 11 is 12.8. The molecule has 0 aromatic heterocycles. The van der Waals surface area contributed by atoms with Crippen LogP contribution < -0.4 is 10.2 Å². The molecule has 5 rings (SSSR count). The molecule has 1 aliphatic heterocycles. The quantitative estimate of drug-likeness (QED) is 0.368. The first-order valence-electron chi connectivity index (χ1n) is 11.5. The van der Waals surface area contributed by atoms with Gasteiger partial charge in [0.05, 0.1) is 33.8 Å². The van der Waals surface area contributed by atoms with E-state index in [4.69, 9.17) is 27.9 Å². The monoisotopic (exact) mass is 514 g/mol. The van der Waals surface area contributed by atoms with E-state index in [1.165, 1.54) is 29.2 Å². The van der Waals surface area contributed by atoms with Crippen molar-refractivity contribution in [3.63, 3.8) is 0 Å². The second-order valence-corrected chi connectivity index (χ2v) is 10.4. The molecule has 182 valence electrons. The molecule has 6 atom stereocenters. The number of alkyl halides is 2. The van der Waals surface area contributed by atoms with Crippen molar-refractivity contribution >= 4 is 58.3 Å². The van der Waals surface area contributed by atoms with Crippen molar-refractivity contribution in [2.75, 3.05) is 16.8 Å². The Labute approximate surface area is 212 Å². The molecule has 2 aromatic carbocycles. The number of esters is 1. The number of rotatable bonds is 5. The van der Waals surface area contributed by atoms with Crippen LogP contribution in [-0.4, -0.2) is 41.1 Å². The van der Waals surface area contributed by atoms with Crippen LogP contribution in [0.15, 0.2) is 42.5 Å². The largest absolute Gasteiger partial charge is 0.452 e. The summed E-state index contributed by atoms with van der Waals surface area (Å²) in [5, 5.41) is 2.10. The van der Waals surface area contributed by atoms with Gasteiger partial charge in [-0.25, -0.2) is 4.79 Å². The molecule has 3 fully saturated rings. The van der Waals surface area contributed by atoms with Crippen molar-refractivity contribution in [3.05, 3.63) is 59.2 Å². The fraction of sp³-hybridized carbons (Fsp3) is 0.385. The number of benzene rings is 2. The van der Waals surface area contributed by atoms with Gasteiger partial charge < -0.3 is 10.1 Å². The number of fused-ring (bicyclic) bond motifs is 5. The second kappa shape index (κ2) is 8.95. The number of amides is 3. The van der Waals surface area contributed by atoms with E-state index in [-0.39, 0.29) is 40.0 Å². The molecule has 1 N–H and O–H groups in total. The van der Waals surface area contributed by atoms with E-state index in [1.807, 2.05) is 26.0 Å². The number of hydrogen-bond acceptors (Lipinski definition) is 5. The van der Waals surface area contributed by atoms with Crippen LogP contribution in [0.4, 0.5) is 11.4 Å². The number of nitrogens with one attached hydrogen (secondary N) is 1. The van der Waals surface area contributed by atoms with Gasteiger partial charge in [-0.3, -0.25) is 19.3 Å². The average Bonchev–Trinajstić information content (AvgIpc) is 3.45. The summed E-state index contributed by atoms with van der Waals surface area (Å²) in [5.41, 5.74) is 3.23. The van der Waals surface area contributed by atoms with E-state index < -0.39 is 30.3 Å². The van der Waals surface area contributed by atoms with Crippen molar-refractivity contribution in [2.45, 2.75) is 31.0 Å². The van der Waals surface area contributed by atoms with Gasteiger partial charge in [0.1, 0.15) is 0 Å². The minimum Gasteiger partial charge on any atom is -0.452 e. The lowest BCUT2D eigenvalue weighted by Gasteiger charge is -2.28. The Morgan fingerprint density at radius 3 is 2.17 bits per heavy atom. The Hall–Kier alpha value is -2.90. The van der Waals surface area contributed by atoms with Gasteiger partial charge >= 0.3 is 5.97 Å². The molecule has 2 bridgehead atoms. The molecule has 0 radical (unpaired) electrons. The van der Waals surface area contributed by atoms with Crippen molar-refractivity contribution in [2.24, 2.45) is 23.7 Å². The predicted molar refractivity (Wildman–Crippen MR) is 132 cm³/mol. The highest BCUT2D eigenvalue weighted by atomic mass is 35.5. The van der Waals surface area contributed by atoms with Crippen molar-refractivity contribution in [1.82, 2.24) is 0 Å². The van der Waals surface area contributed by atoms with Crippen LogP contribution in [0, 0.1) is 37.5 Å². The molecule has 1 heterocycles. The number of aryl methyl sites for hydroxylation is 1.